The second-order valence-corrected chi connectivity index (χ2v) is 3.34. The van der Waals surface area contributed by atoms with Crippen molar-refractivity contribution in [1.29, 1.82) is 5.26 Å². The number of nitriles is 1. The van der Waals surface area contributed by atoms with Crippen LogP contribution in [0.3, 0.4) is 0 Å². The van der Waals surface area contributed by atoms with E-state index in [4.69, 9.17) is 10.00 Å². The van der Waals surface area contributed by atoms with Gasteiger partial charge in [0.2, 0.25) is 0 Å². The first-order valence-corrected chi connectivity index (χ1v) is 4.25. The minimum atomic E-state index is -0.381. The average molecular weight is 181 g/mol. The number of rotatable bonds is 3. The van der Waals surface area contributed by atoms with Crippen LogP contribution in [0.4, 0.5) is 0 Å². The van der Waals surface area contributed by atoms with Crippen molar-refractivity contribution in [2.45, 2.75) is 34.1 Å². The molecule has 0 heterocycles. The zero-order valence-electron chi connectivity index (χ0n) is 8.55. The summed E-state index contributed by atoms with van der Waals surface area (Å²) in [5.74, 6) is 0.429. The van der Waals surface area contributed by atoms with Crippen LogP contribution in [0, 0.1) is 17.2 Å². The van der Waals surface area contributed by atoms with Gasteiger partial charge in [0.15, 0.2) is 0 Å². The Morgan fingerprint density at radius 2 is 2.00 bits per heavy atom. The Morgan fingerprint density at radius 3 is 2.31 bits per heavy atom. The molecule has 0 aromatic heterocycles. The molecule has 0 amide bonds. The van der Waals surface area contributed by atoms with E-state index in [0.29, 0.717) is 23.7 Å². The van der Waals surface area contributed by atoms with E-state index in [1.165, 1.54) is 6.92 Å². The lowest BCUT2D eigenvalue weighted by molar-refractivity contribution is -0.136. The summed E-state index contributed by atoms with van der Waals surface area (Å²) in [6, 6.07) is 2.04. The summed E-state index contributed by atoms with van der Waals surface area (Å²) in [7, 11) is 0. The van der Waals surface area contributed by atoms with Gasteiger partial charge in [0, 0.05) is 6.92 Å². The second kappa shape index (κ2) is 5.36. The Hall–Kier alpha value is -1.30. The maximum Gasteiger partial charge on any atom is 0.307 e. The van der Waals surface area contributed by atoms with E-state index in [0.717, 1.165) is 0 Å². The summed E-state index contributed by atoms with van der Waals surface area (Å²) in [5, 5.41) is 8.76. The highest BCUT2D eigenvalue weighted by Crippen LogP contribution is 2.14. The minimum Gasteiger partial charge on any atom is -0.431 e. The minimum absolute atomic E-state index is 0.381. The van der Waals surface area contributed by atoms with Gasteiger partial charge in [-0.15, -0.1) is 0 Å². The molecule has 0 bridgehead atoms. The second-order valence-electron chi connectivity index (χ2n) is 3.34. The first-order chi connectivity index (χ1) is 5.97. The summed E-state index contributed by atoms with van der Waals surface area (Å²) in [6.07, 6.45) is 0.648. The van der Waals surface area contributed by atoms with Crippen molar-refractivity contribution < 1.29 is 9.53 Å². The first-order valence-electron chi connectivity index (χ1n) is 4.25. The van der Waals surface area contributed by atoms with Gasteiger partial charge in [-0.3, -0.25) is 4.79 Å². The van der Waals surface area contributed by atoms with Gasteiger partial charge in [0.05, 0.1) is 11.6 Å². The Kier molecular flexibility index (Phi) is 4.83. The molecule has 0 aromatic rings. The number of allylic oxidation sites excluding steroid dienone is 2. The topological polar surface area (TPSA) is 50.1 Å². The molecule has 0 unspecified atom stereocenters. The molecule has 0 saturated carbocycles. The van der Waals surface area contributed by atoms with Crippen LogP contribution in [0.25, 0.3) is 0 Å². The van der Waals surface area contributed by atoms with Crippen LogP contribution in [-0.2, 0) is 9.53 Å². The number of carbonyl (C=O) groups excluding carboxylic acids is 1. The predicted molar refractivity (Wildman–Crippen MR) is 49.5 cm³/mol. The van der Waals surface area contributed by atoms with E-state index in [9.17, 15) is 4.79 Å². The zero-order chi connectivity index (χ0) is 10.4. The third-order valence-corrected chi connectivity index (χ3v) is 1.47. The molecule has 3 nitrogen and oxygen atoms in total. The number of esters is 1. The number of hydrogen-bond acceptors (Lipinski definition) is 3. The van der Waals surface area contributed by atoms with Crippen LogP contribution in [0.2, 0.25) is 0 Å². The van der Waals surface area contributed by atoms with Crippen molar-refractivity contribution in [2.75, 3.05) is 0 Å². The van der Waals surface area contributed by atoms with Crippen LogP contribution in [0.15, 0.2) is 11.3 Å². The van der Waals surface area contributed by atoms with Crippen LogP contribution in [-0.4, -0.2) is 5.97 Å². The van der Waals surface area contributed by atoms with Crippen LogP contribution in [0.1, 0.15) is 34.1 Å². The van der Waals surface area contributed by atoms with E-state index >= 15 is 0 Å². The Balaban J connectivity index is 4.51. The van der Waals surface area contributed by atoms with Gasteiger partial charge in [-0.05, 0) is 19.3 Å². The first kappa shape index (κ1) is 11.7. The molecule has 0 N–H and O–H groups in total. The highest BCUT2D eigenvalue weighted by Gasteiger charge is 2.07. The van der Waals surface area contributed by atoms with E-state index in [1.54, 1.807) is 6.92 Å². The zero-order valence-corrected chi connectivity index (χ0v) is 8.55. The van der Waals surface area contributed by atoms with Crippen molar-refractivity contribution in [3.05, 3.63) is 11.3 Å². The summed E-state index contributed by atoms with van der Waals surface area (Å²) < 4.78 is 4.82. The van der Waals surface area contributed by atoms with Crippen molar-refractivity contribution in [1.82, 2.24) is 0 Å². The van der Waals surface area contributed by atoms with E-state index in [2.05, 4.69) is 0 Å². The molecule has 72 valence electrons. The standard InChI is InChI=1S/C10H15NO2/c1-7(2)5-10(6-11)8(3)13-9(4)12/h7H,5H2,1-4H3/b10-8+. The lowest BCUT2D eigenvalue weighted by atomic mass is 10.0. The van der Waals surface area contributed by atoms with E-state index in [1.807, 2.05) is 19.9 Å². The monoisotopic (exact) mass is 181 g/mol. The molecule has 0 rings (SSSR count). The van der Waals surface area contributed by atoms with Crippen molar-refractivity contribution in [2.24, 2.45) is 5.92 Å². The van der Waals surface area contributed by atoms with Gasteiger partial charge in [-0.2, -0.15) is 5.26 Å². The maximum absolute atomic E-state index is 10.6. The number of carbonyl (C=O) groups is 1. The highest BCUT2D eigenvalue weighted by molar-refractivity contribution is 5.67. The van der Waals surface area contributed by atoms with Gasteiger partial charge >= 0.3 is 5.97 Å². The molecule has 0 radical (unpaired) electrons. The number of ether oxygens (including phenoxy) is 1. The summed E-state index contributed by atoms with van der Waals surface area (Å²) in [5.41, 5.74) is 0.546. The number of nitrogens with zero attached hydrogens (tertiary/aromatic N) is 1. The van der Waals surface area contributed by atoms with Gasteiger partial charge < -0.3 is 4.74 Å². The SMILES string of the molecule is CC(=O)O/C(C)=C(/C#N)CC(C)C. The van der Waals surface area contributed by atoms with Gasteiger partial charge in [0.1, 0.15) is 5.76 Å². The third-order valence-electron chi connectivity index (χ3n) is 1.47. The lowest BCUT2D eigenvalue weighted by Gasteiger charge is -2.06. The quantitative estimate of drug-likeness (QED) is 0.381. The van der Waals surface area contributed by atoms with Crippen molar-refractivity contribution in [3.8, 4) is 6.07 Å². The predicted octanol–water partition coefficient (Wildman–Crippen LogP) is 2.39. The fraction of sp³-hybridized carbons (Fsp3) is 0.600. The average Bonchev–Trinajstić information content (AvgIpc) is 1.98. The van der Waals surface area contributed by atoms with E-state index < -0.39 is 0 Å². The van der Waals surface area contributed by atoms with Gasteiger partial charge in [-0.1, -0.05) is 13.8 Å². The van der Waals surface area contributed by atoms with Crippen molar-refractivity contribution >= 4 is 5.97 Å². The maximum atomic E-state index is 10.6. The normalized spacial score (nSPS) is 12.0. The molecule has 0 fully saturated rings. The van der Waals surface area contributed by atoms with Crippen molar-refractivity contribution in [3.63, 3.8) is 0 Å². The molecule has 0 atom stereocenters. The molecule has 0 saturated heterocycles. The molecule has 3 heteroatoms. The van der Waals surface area contributed by atoms with Gasteiger partial charge in [-0.25, -0.2) is 0 Å². The largest absolute Gasteiger partial charge is 0.431 e. The summed E-state index contributed by atoms with van der Waals surface area (Å²) in [4.78, 5) is 10.6. The van der Waals surface area contributed by atoms with Crippen LogP contribution < -0.4 is 0 Å². The van der Waals surface area contributed by atoms with Crippen LogP contribution >= 0.6 is 0 Å². The molecule has 0 spiro atoms. The molecule has 0 aliphatic carbocycles. The molecule has 13 heavy (non-hydrogen) atoms. The molecule has 0 aromatic carbocycles. The molecule has 0 aliphatic rings. The number of hydrogen-bond donors (Lipinski definition) is 0. The fourth-order valence-corrected chi connectivity index (χ4v) is 0.954. The molecular weight excluding hydrogens is 166 g/mol. The summed E-state index contributed by atoms with van der Waals surface area (Å²) in [6.45, 7) is 6.99. The highest BCUT2D eigenvalue weighted by atomic mass is 16.5. The molecule has 0 aliphatic heterocycles. The van der Waals surface area contributed by atoms with Gasteiger partial charge in [0.25, 0.3) is 0 Å². The Labute approximate surface area is 79.0 Å². The third kappa shape index (κ3) is 5.02. The fourth-order valence-electron chi connectivity index (χ4n) is 0.954. The smallest absolute Gasteiger partial charge is 0.307 e. The van der Waals surface area contributed by atoms with E-state index in [-0.39, 0.29) is 5.97 Å². The Morgan fingerprint density at radius 1 is 1.46 bits per heavy atom. The lowest BCUT2D eigenvalue weighted by Crippen LogP contribution is -2.01. The molecular formula is C10H15NO2. The Bertz CT molecular complexity index is 259. The van der Waals surface area contributed by atoms with Crippen LogP contribution in [0.5, 0.6) is 0 Å². The summed E-state index contributed by atoms with van der Waals surface area (Å²) >= 11 is 0.